The van der Waals surface area contributed by atoms with Crippen LogP contribution in [0.3, 0.4) is 0 Å². The highest BCUT2D eigenvalue weighted by atomic mass is 16.6. The molecule has 10 heteroatoms. The SMILES string of the molecule is CC(C)(C)N(C(=O)O)C1CCN(CCN2C(=O)COc3ccc([N+](=O)[O-])cc32)CC1. The van der Waals surface area contributed by atoms with Gasteiger partial charge in [-0.05, 0) is 39.7 Å². The van der Waals surface area contributed by atoms with Crippen LogP contribution in [0.25, 0.3) is 0 Å². The summed E-state index contributed by atoms with van der Waals surface area (Å²) in [5.74, 6) is 0.226. The summed E-state index contributed by atoms with van der Waals surface area (Å²) >= 11 is 0. The average Bonchev–Trinajstić information content (AvgIpc) is 2.66. The summed E-state index contributed by atoms with van der Waals surface area (Å²) in [5.41, 5.74) is -0.133. The lowest BCUT2D eigenvalue weighted by molar-refractivity contribution is -0.384. The molecule has 0 radical (unpaired) electrons. The Morgan fingerprint density at radius 1 is 1.30 bits per heavy atom. The second-order valence-electron chi connectivity index (χ2n) is 8.64. The number of hydrogen-bond donors (Lipinski definition) is 1. The number of carbonyl (C=O) groups is 2. The van der Waals surface area contributed by atoms with E-state index in [1.54, 1.807) is 0 Å². The summed E-state index contributed by atoms with van der Waals surface area (Å²) in [6, 6.07) is 4.21. The number of anilines is 1. The van der Waals surface area contributed by atoms with Crippen molar-refractivity contribution in [1.29, 1.82) is 0 Å². The Labute approximate surface area is 175 Å². The zero-order valence-corrected chi connectivity index (χ0v) is 17.5. The number of ether oxygens (including phenoxy) is 1. The second kappa shape index (κ2) is 8.47. The summed E-state index contributed by atoms with van der Waals surface area (Å²) in [7, 11) is 0. The van der Waals surface area contributed by atoms with Crippen molar-refractivity contribution in [2.75, 3.05) is 37.7 Å². The Balaban J connectivity index is 1.62. The van der Waals surface area contributed by atoms with E-state index in [-0.39, 0.29) is 24.2 Å². The summed E-state index contributed by atoms with van der Waals surface area (Å²) < 4.78 is 5.40. The van der Waals surface area contributed by atoms with Crippen LogP contribution in [0.1, 0.15) is 33.6 Å². The number of amides is 2. The van der Waals surface area contributed by atoms with Gasteiger partial charge >= 0.3 is 6.09 Å². The normalized spacial score (nSPS) is 18.0. The third-order valence-corrected chi connectivity index (χ3v) is 5.59. The summed E-state index contributed by atoms with van der Waals surface area (Å²) in [5, 5.41) is 20.7. The first kappa shape index (κ1) is 21.8. The van der Waals surface area contributed by atoms with Crippen LogP contribution < -0.4 is 9.64 Å². The maximum Gasteiger partial charge on any atom is 0.407 e. The number of carboxylic acid groups (broad SMARTS) is 1. The van der Waals surface area contributed by atoms with Gasteiger partial charge in [0.05, 0.1) is 10.6 Å². The molecule has 1 saturated heterocycles. The van der Waals surface area contributed by atoms with Gasteiger partial charge in [0.15, 0.2) is 6.61 Å². The van der Waals surface area contributed by atoms with Gasteiger partial charge in [-0.15, -0.1) is 0 Å². The molecule has 0 spiro atoms. The predicted octanol–water partition coefficient (Wildman–Crippen LogP) is 2.56. The van der Waals surface area contributed by atoms with E-state index in [2.05, 4.69) is 4.90 Å². The fourth-order valence-electron chi connectivity index (χ4n) is 4.18. The molecule has 1 aromatic rings. The standard InChI is InChI=1S/C20H28N4O6/c1-20(2,3)23(19(26)27)14-6-8-21(9-7-14)10-11-22-16-12-15(24(28)29)4-5-17(16)30-13-18(22)25/h4-5,12,14H,6-11,13H2,1-3H3,(H,26,27). The van der Waals surface area contributed by atoms with E-state index in [0.29, 0.717) is 24.5 Å². The van der Waals surface area contributed by atoms with Crippen molar-refractivity contribution in [1.82, 2.24) is 9.80 Å². The van der Waals surface area contributed by atoms with Crippen LogP contribution in [-0.4, -0.2) is 76.2 Å². The first-order valence-electron chi connectivity index (χ1n) is 10.0. The Hall–Kier alpha value is -2.88. The highest BCUT2D eigenvalue weighted by Crippen LogP contribution is 2.35. The van der Waals surface area contributed by atoms with E-state index >= 15 is 0 Å². The molecule has 0 unspecified atom stereocenters. The maximum atomic E-state index is 12.4. The molecule has 2 heterocycles. The molecular formula is C20H28N4O6. The number of likely N-dealkylation sites (tertiary alicyclic amines) is 1. The number of nitro groups is 1. The van der Waals surface area contributed by atoms with E-state index in [9.17, 15) is 24.8 Å². The zero-order chi connectivity index (χ0) is 22.1. The molecule has 10 nitrogen and oxygen atoms in total. The number of carbonyl (C=O) groups excluding carboxylic acids is 1. The lowest BCUT2D eigenvalue weighted by Crippen LogP contribution is -2.55. The van der Waals surface area contributed by atoms with Crippen LogP contribution in [0.15, 0.2) is 18.2 Å². The van der Waals surface area contributed by atoms with Crippen molar-refractivity contribution in [2.24, 2.45) is 0 Å². The molecule has 0 saturated carbocycles. The van der Waals surface area contributed by atoms with Crippen LogP contribution in [0.2, 0.25) is 0 Å². The first-order chi connectivity index (χ1) is 14.1. The van der Waals surface area contributed by atoms with E-state index < -0.39 is 16.6 Å². The highest BCUT2D eigenvalue weighted by molar-refractivity contribution is 5.98. The molecule has 0 bridgehead atoms. The fourth-order valence-corrected chi connectivity index (χ4v) is 4.18. The molecule has 1 fully saturated rings. The van der Waals surface area contributed by atoms with Gasteiger partial charge in [-0.1, -0.05) is 0 Å². The van der Waals surface area contributed by atoms with E-state index in [0.717, 1.165) is 25.9 Å². The minimum absolute atomic E-state index is 0.0351. The Morgan fingerprint density at radius 2 is 1.97 bits per heavy atom. The van der Waals surface area contributed by atoms with Gasteiger partial charge in [0.1, 0.15) is 5.75 Å². The van der Waals surface area contributed by atoms with Crippen LogP contribution >= 0.6 is 0 Å². The van der Waals surface area contributed by atoms with Gasteiger partial charge in [0, 0.05) is 49.9 Å². The topological polar surface area (TPSA) is 116 Å². The van der Waals surface area contributed by atoms with Gasteiger partial charge in [-0.25, -0.2) is 4.79 Å². The smallest absolute Gasteiger partial charge is 0.407 e. The Kier molecular flexibility index (Phi) is 6.16. The monoisotopic (exact) mass is 420 g/mol. The van der Waals surface area contributed by atoms with Crippen LogP contribution in [0.5, 0.6) is 5.75 Å². The highest BCUT2D eigenvalue weighted by Gasteiger charge is 2.35. The molecule has 3 rings (SSSR count). The average molecular weight is 420 g/mol. The molecule has 2 aliphatic heterocycles. The molecule has 0 aliphatic carbocycles. The second-order valence-corrected chi connectivity index (χ2v) is 8.64. The van der Waals surface area contributed by atoms with Crippen molar-refractivity contribution in [3.8, 4) is 5.75 Å². The number of nitro benzene ring substituents is 1. The Morgan fingerprint density at radius 3 is 2.53 bits per heavy atom. The number of piperidine rings is 1. The van der Waals surface area contributed by atoms with E-state index in [4.69, 9.17) is 4.74 Å². The quantitative estimate of drug-likeness (QED) is 0.575. The minimum Gasteiger partial charge on any atom is -0.482 e. The molecule has 2 aliphatic rings. The molecule has 1 N–H and O–H groups in total. The van der Waals surface area contributed by atoms with Crippen molar-refractivity contribution >= 4 is 23.4 Å². The molecule has 30 heavy (non-hydrogen) atoms. The largest absolute Gasteiger partial charge is 0.482 e. The van der Waals surface area contributed by atoms with Gasteiger partial charge in [-0.2, -0.15) is 0 Å². The molecular weight excluding hydrogens is 392 g/mol. The maximum absolute atomic E-state index is 12.4. The molecule has 0 atom stereocenters. The van der Waals surface area contributed by atoms with Gasteiger partial charge in [0.2, 0.25) is 0 Å². The first-order valence-corrected chi connectivity index (χ1v) is 10.0. The Bertz CT molecular complexity index is 829. The van der Waals surface area contributed by atoms with Crippen LogP contribution in [0, 0.1) is 10.1 Å². The van der Waals surface area contributed by atoms with Crippen LogP contribution in [-0.2, 0) is 4.79 Å². The summed E-state index contributed by atoms with van der Waals surface area (Å²) in [6.07, 6.45) is 0.545. The van der Waals surface area contributed by atoms with Crippen molar-refractivity contribution in [2.45, 2.75) is 45.2 Å². The number of hydrogen-bond acceptors (Lipinski definition) is 6. The predicted molar refractivity (Wildman–Crippen MR) is 110 cm³/mol. The van der Waals surface area contributed by atoms with Gasteiger partial charge < -0.3 is 24.5 Å². The molecule has 0 aromatic heterocycles. The van der Waals surface area contributed by atoms with Crippen molar-refractivity contribution < 1.29 is 24.4 Å². The number of fused-ring (bicyclic) bond motifs is 1. The lowest BCUT2D eigenvalue weighted by atomic mass is 9.97. The summed E-state index contributed by atoms with van der Waals surface area (Å²) in [4.78, 5) is 39.9. The van der Waals surface area contributed by atoms with E-state index in [1.807, 2.05) is 20.8 Å². The number of non-ortho nitro benzene ring substituents is 1. The number of rotatable bonds is 5. The van der Waals surface area contributed by atoms with E-state index in [1.165, 1.54) is 28.0 Å². The number of nitrogens with zero attached hydrogens (tertiary/aromatic N) is 4. The molecule has 164 valence electrons. The third-order valence-electron chi connectivity index (χ3n) is 5.59. The fraction of sp³-hybridized carbons (Fsp3) is 0.600. The minimum atomic E-state index is -0.905. The van der Waals surface area contributed by atoms with Gasteiger partial charge in [-0.3, -0.25) is 14.9 Å². The van der Waals surface area contributed by atoms with Gasteiger partial charge in [0.25, 0.3) is 11.6 Å². The zero-order valence-electron chi connectivity index (χ0n) is 17.5. The molecule has 1 aromatic carbocycles. The van der Waals surface area contributed by atoms with Crippen molar-refractivity contribution in [3.63, 3.8) is 0 Å². The third kappa shape index (κ3) is 4.64. The lowest BCUT2D eigenvalue weighted by Gasteiger charge is -2.43. The number of benzene rings is 1. The van der Waals surface area contributed by atoms with Crippen LogP contribution in [0.4, 0.5) is 16.2 Å². The van der Waals surface area contributed by atoms with Crippen molar-refractivity contribution in [3.05, 3.63) is 28.3 Å². The molecule has 2 amide bonds. The summed E-state index contributed by atoms with van der Waals surface area (Å²) in [6.45, 7) is 8.05.